The van der Waals surface area contributed by atoms with Gasteiger partial charge < -0.3 is 24.1 Å². The van der Waals surface area contributed by atoms with Crippen LogP contribution in [0.2, 0.25) is 0 Å². The molecule has 1 N–H and O–H groups in total. The number of aromatic nitrogens is 3. The Morgan fingerprint density at radius 3 is 2.64 bits per heavy atom. The van der Waals surface area contributed by atoms with Crippen LogP contribution in [0.15, 0.2) is 65.3 Å². The zero-order valence-electron chi connectivity index (χ0n) is 22.2. The van der Waals surface area contributed by atoms with Crippen molar-refractivity contribution in [3.05, 3.63) is 72.2 Å². The summed E-state index contributed by atoms with van der Waals surface area (Å²) in [6, 6.07) is 15.3. The summed E-state index contributed by atoms with van der Waals surface area (Å²) in [6.45, 7) is -0.0245. The number of fused-ring (bicyclic) bond motifs is 1. The maximum Gasteiger partial charge on any atom is 0.247 e. The molecule has 1 saturated carbocycles. The van der Waals surface area contributed by atoms with Crippen LogP contribution in [0.1, 0.15) is 49.5 Å². The first kappa shape index (κ1) is 26.3. The van der Waals surface area contributed by atoms with Crippen molar-refractivity contribution in [1.29, 1.82) is 0 Å². The lowest BCUT2D eigenvalue weighted by atomic mass is 9.94. The lowest BCUT2D eigenvalue weighted by Gasteiger charge is -2.33. The van der Waals surface area contributed by atoms with Gasteiger partial charge in [-0.25, -0.2) is 4.68 Å². The van der Waals surface area contributed by atoms with Crippen molar-refractivity contribution in [2.75, 3.05) is 14.2 Å². The van der Waals surface area contributed by atoms with E-state index in [-0.39, 0.29) is 30.9 Å². The topological polar surface area (TPSA) is 112 Å². The highest BCUT2D eigenvalue weighted by atomic mass is 16.5. The van der Waals surface area contributed by atoms with Crippen LogP contribution in [0.5, 0.6) is 11.5 Å². The van der Waals surface area contributed by atoms with E-state index in [1.807, 2.05) is 24.3 Å². The smallest absolute Gasteiger partial charge is 0.247 e. The Hall–Kier alpha value is -4.34. The summed E-state index contributed by atoms with van der Waals surface area (Å²) in [6.07, 6.45) is 6.67. The zero-order valence-corrected chi connectivity index (χ0v) is 22.2. The number of hydrogen-bond donors (Lipinski definition) is 1. The van der Waals surface area contributed by atoms with Crippen LogP contribution in [0.4, 0.5) is 0 Å². The van der Waals surface area contributed by atoms with E-state index in [1.54, 1.807) is 48.4 Å². The first-order chi connectivity index (χ1) is 19.1. The number of furan rings is 1. The molecule has 10 heteroatoms. The number of carbonyl (C=O) groups is 2. The molecule has 1 fully saturated rings. The largest absolute Gasteiger partial charge is 0.497 e. The van der Waals surface area contributed by atoms with Gasteiger partial charge in [0.25, 0.3) is 0 Å². The minimum Gasteiger partial charge on any atom is -0.497 e. The number of amides is 2. The van der Waals surface area contributed by atoms with E-state index in [0.717, 1.165) is 37.6 Å². The molecule has 2 aromatic heterocycles. The number of methoxy groups -OCH3 is 2. The summed E-state index contributed by atoms with van der Waals surface area (Å²) in [7, 11) is 3.10. The van der Waals surface area contributed by atoms with Crippen LogP contribution in [0.25, 0.3) is 11.0 Å². The lowest BCUT2D eigenvalue weighted by molar-refractivity contribution is -0.143. The van der Waals surface area contributed by atoms with Crippen LogP contribution in [0.3, 0.4) is 0 Å². The quantitative estimate of drug-likeness (QED) is 0.325. The third-order valence-corrected chi connectivity index (χ3v) is 7.18. The SMILES string of the molecule is COc1ccc([C@H](C(=O)NC2CCCCC2)N(Cc2ccco2)C(=O)Cn2nnc3ccccc32)c(OC)c1. The average Bonchev–Trinajstić information content (AvgIpc) is 3.63. The lowest BCUT2D eigenvalue weighted by Crippen LogP contribution is -2.47. The molecule has 2 amide bonds. The molecule has 2 aromatic carbocycles. The van der Waals surface area contributed by atoms with Crippen molar-refractivity contribution < 1.29 is 23.5 Å². The van der Waals surface area contributed by atoms with Gasteiger partial charge in [-0.1, -0.05) is 36.6 Å². The van der Waals surface area contributed by atoms with E-state index in [2.05, 4.69) is 15.6 Å². The van der Waals surface area contributed by atoms with Crippen molar-refractivity contribution in [2.24, 2.45) is 0 Å². The number of carbonyl (C=O) groups excluding carboxylic acids is 2. The third-order valence-electron chi connectivity index (χ3n) is 7.18. The summed E-state index contributed by atoms with van der Waals surface area (Å²) in [5, 5.41) is 11.6. The maximum atomic E-state index is 14.1. The second kappa shape index (κ2) is 12.0. The van der Waals surface area contributed by atoms with Crippen molar-refractivity contribution >= 4 is 22.8 Å². The molecule has 0 spiro atoms. The van der Waals surface area contributed by atoms with Crippen LogP contribution in [0, 0.1) is 0 Å². The predicted octanol–water partition coefficient (Wildman–Crippen LogP) is 4.26. The molecule has 4 aromatic rings. The van der Waals surface area contributed by atoms with Gasteiger partial charge in [0.15, 0.2) is 0 Å². The molecule has 1 aliphatic rings. The average molecular weight is 532 g/mol. The molecule has 10 nitrogen and oxygen atoms in total. The van der Waals surface area contributed by atoms with Gasteiger partial charge >= 0.3 is 0 Å². The molecular formula is C29H33N5O5. The molecule has 204 valence electrons. The zero-order chi connectivity index (χ0) is 27.2. The van der Waals surface area contributed by atoms with Gasteiger partial charge in [0, 0.05) is 17.7 Å². The summed E-state index contributed by atoms with van der Waals surface area (Å²) in [4.78, 5) is 29.7. The molecule has 2 heterocycles. The van der Waals surface area contributed by atoms with E-state index in [9.17, 15) is 9.59 Å². The van der Waals surface area contributed by atoms with Gasteiger partial charge in [0.1, 0.15) is 35.4 Å². The molecule has 0 saturated heterocycles. The highest BCUT2D eigenvalue weighted by Crippen LogP contribution is 2.35. The Balaban J connectivity index is 1.55. The Kier molecular flexibility index (Phi) is 8.10. The first-order valence-corrected chi connectivity index (χ1v) is 13.2. The van der Waals surface area contributed by atoms with E-state index >= 15 is 0 Å². The fourth-order valence-electron chi connectivity index (χ4n) is 5.17. The number of hydrogen-bond acceptors (Lipinski definition) is 7. The fourth-order valence-corrected chi connectivity index (χ4v) is 5.17. The van der Waals surface area contributed by atoms with E-state index in [4.69, 9.17) is 13.9 Å². The van der Waals surface area contributed by atoms with Crippen LogP contribution < -0.4 is 14.8 Å². The maximum absolute atomic E-state index is 14.1. The minimum absolute atomic E-state index is 0.0535. The van der Waals surface area contributed by atoms with Gasteiger partial charge in [0.2, 0.25) is 11.8 Å². The Morgan fingerprint density at radius 2 is 1.90 bits per heavy atom. The fraction of sp³-hybridized carbons (Fsp3) is 0.379. The van der Waals surface area contributed by atoms with E-state index in [1.165, 1.54) is 12.0 Å². The normalized spacial score (nSPS) is 14.6. The number of ether oxygens (including phenoxy) is 2. The highest BCUT2D eigenvalue weighted by Gasteiger charge is 2.36. The van der Waals surface area contributed by atoms with Crippen LogP contribution in [-0.2, 0) is 22.7 Å². The van der Waals surface area contributed by atoms with Crippen molar-refractivity contribution in [2.45, 2.75) is 57.3 Å². The Morgan fingerprint density at radius 1 is 1.08 bits per heavy atom. The first-order valence-electron chi connectivity index (χ1n) is 13.2. The monoisotopic (exact) mass is 531 g/mol. The van der Waals surface area contributed by atoms with E-state index in [0.29, 0.717) is 28.3 Å². The molecule has 0 aliphatic heterocycles. The second-order valence-corrected chi connectivity index (χ2v) is 9.69. The van der Waals surface area contributed by atoms with Gasteiger partial charge in [-0.3, -0.25) is 9.59 Å². The third kappa shape index (κ3) is 5.89. The number of nitrogens with one attached hydrogen (secondary N) is 1. The Labute approximate surface area is 226 Å². The molecule has 0 bridgehead atoms. The van der Waals surface area contributed by atoms with Crippen LogP contribution in [-0.4, -0.2) is 52.0 Å². The van der Waals surface area contributed by atoms with E-state index < -0.39 is 6.04 Å². The van der Waals surface area contributed by atoms with Gasteiger partial charge in [0.05, 0.1) is 32.5 Å². The molecule has 1 aliphatic carbocycles. The molecule has 0 radical (unpaired) electrons. The summed E-state index contributed by atoms with van der Waals surface area (Å²) in [5.74, 6) is 0.994. The van der Waals surface area contributed by atoms with Gasteiger partial charge in [-0.15, -0.1) is 5.10 Å². The van der Waals surface area contributed by atoms with Crippen molar-refractivity contribution in [1.82, 2.24) is 25.2 Å². The molecular weight excluding hydrogens is 498 g/mol. The van der Waals surface area contributed by atoms with Crippen molar-refractivity contribution in [3.63, 3.8) is 0 Å². The molecule has 39 heavy (non-hydrogen) atoms. The number of benzene rings is 2. The summed E-state index contributed by atoms with van der Waals surface area (Å²) in [5.41, 5.74) is 1.97. The van der Waals surface area contributed by atoms with Gasteiger partial charge in [-0.2, -0.15) is 0 Å². The Bertz CT molecular complexity index is 1410. The standard InChI is InChI=1S/C29H33N5O5/c1-37-21-14-15-23(26(17-21)38-2)28(29(36)30-20-9-4-3-5-10-20)33(18-22-11-8-16-39-22)27(35)19-34-25-13-7-6-12-24(25)31-32-34/h6-8,11-17,20,28H,3-5,9-10,18-19H2,1-2H3,(H,30,36)/t28-/m1/s1. The highest BCUT2D eigenvalue weighted by molar-refractivity contribution is 5.90. The summed E-state index contributed by atoms with van der Waals surface area (Å²) >= 11 is 0. The predicted molar refractivity (Wildman–Crippen MR) is 144 cm³/mol. The second-order valence-electron chi connectivity index (χ2n) is 9.69. The molecule has 5 rings (SSSR count). The summed E-state index contributed by atoms with van der Waals surface area (Å²) < 4.78 is 18.2. The van der Waals surface area contributed by atoms with Crippen LogP contribution >= 0.6 is 0 Å². The minimum atomic E-state index is -0.986. The van der Waals surface area contributed by atoms with Gasteiger partial charge in [-0.05, 0) is 49.2 Å². The number of nitrogens with zero attached hydrogens (tertiary/aromatic N) is 4. The molecule has 0 unspecified atom stereocenters. The van der Waals surface area contributed by atoms with Crippen molar-refractivity contribution in [3.8, 4) is 11.5 Å². The number of para-hydroxylation sites is 1. The number of rotatable bonds is 10. The molecule has 1 atom stereocenters.